The number of hydrogen-bond acceptors (Lipinski definition) is 6. The minimum Gasteiger partial charge on any atom is -0.476 e. The highest BCUT2D eigenvalue weighted by molar-refractivity contribution is 5.89. The monoisotopic (exact) mass is 357 g/mol. The van der Waals surface area contributed by atoms with Crippen molar-refractivity contribution in [2.75, 3.05) is 55.4 Å². The summed E-state index contributed by atoms with van der Waals surface area (Å²) in [6.45, 7) is 3.65. The first-order valence-electron chi connectivity index (χ1n) is 8.54. The highest BCUT2D eigenvalue weighted by Gasteiger charge is 2.13. The lowest BCUT2D eigenvalue weighted by Crippen LogP contribution is -2.36. The SMILES string of the molecule is Nc1cc(N2CCOCC2)cc(OCCNC(=O)Nc2ccccc2)n1. The highest BCUT2D eigenvalue weighted by atomic mass is 16.5. The summed E-state index contributed by atoms with van der Waals surface area (Å²) in [5.41, 5.74) is 7.57. The van der Waals surface area contributed by atoms with Crippen molar-refractivity contribution >= 4 is 23.2 Å². The van der Waals surface area contributed by atoms with Crippen LogP contribution in [0.2, 0.25) is 0 Å². The van der Waals surface area contributed by atoms with Crippen LogP contribution in [0.5, 0.6) is 5.88 Å². The average molecular weight is 357 g/mol. The van der Waals surface area contributed by atoms with E-state index in [2.05, 4.69) is 20.5 Å². The lowest BCUT2D eigenvalue weighted by atomic mass is 10.3. The average Bonchev–Trinajstić information content (AvgIpc) is 2.66. The van der Waals surface area contributed by atoms with Gasteiger partial charge in [0, 0.05) is 36.6 Å². The van der Waals surface area contributed by atoms with E-state index in [1.165, 1.54) is 0 Å². The number of nitrogens with one attached hydrogen (secondary N) is 2. The van der Waals surface area contributed by atoms with Gasteiger partial charge in [0.1, 0.15) is 12.4 Å². The molecule has 8 heteroatoms. The topological polar surface area (TPSA) is 102 Å². The summed E-state index contributed by atoms with van der Waals surface area (Å²) in [4.78, 5) is 18.2. The van der Waals surface area contributed by atoms with Gasteiger partial charge in [-0.2, -0.15) is 4.98 Å². The third-order valence-corrected chi connectivity index (χ3v) is 3.85. The molecule has 0 atom stereocenters. The number of carbonyl (C=O) groups is 1. The van der Waals surface area contributed by atoms with Crippen LogP contribution in [0.3, 0.4) is 0 Å². The molecule has 26 heavy (non-hydrogen) atoms. The standard InChI is InChI=1S/C18H23N5O3/c19-16-12-15(23-7-10-25-11-8-23)13-17(22-16)26-9-6-20-18(24)21-14-4-2-1-3-5-14/h1-5,12-13H,6-11H2,(H2,19,22)(H2,20,21,24). The summed E-state index contributed by atoms with van der Waals surface area (Å²) in [5, 5.41) is 5.48. The second-order valence-corrected chi connectivity index (χ2v) is 5.78. The van der Waals surface area contributed by atoms with Crippen molar-refractivity contribution in [1.29, 1.82) is 0 Å². The fourth-order valence-electron chi connectivity index (χ4n) is 2.61. The Labute approximate surface area is 152 Å². The second kappa shape index (κ2) is 8.91. The Morgan fingerprint density at radius 1 is 1.23 bits per heavy atom. The number of benzene rings is 1. The first-order chi connectivity index (χ1) is 12.7. The maximum absolute atomic E-state index is 11.8. The normalized spacial score (nSPS) is 13.9. The number of anilines is 3. The van der Waals surface area contributed by atoms with E-state index in [1.807, 2.05) is 42.5 Å². The molecule has 2 heterocycles. The van der Waals surface area contributed by atoms with Crippen molar-refractivity contribution in [3.8, 4) is 5.88 Å². The number of para-hydroxylation sites is 1. The Kier molecular flexibility index (Phi) is 6.10. The highest BCUT2D eigenvalue weighted by Crippen LogP contribution is 2.23. The second-order valence-electron chi connectivity index (χ2n) is 5.78. The van der Waals surface area contributed by atoms with Crippen molar-refractivity contribution in [3.05, 3.63) is 42.5 Å². The molecule has 1 aromatic heterocycles. The van der Waals surface area contributed by atoms with Crippen LogP contribution in [0.1, 0.15) is 0 Å². The van der Waals surface area contributed by atoms with E-state index in [4.69, 9.17) is 15.2 Å². The van der Waals surface area contributed by atoms with Gasteiger partial charge < -0.3 is 30.7 Å². The van der Waals surface area contributed by atoms with Crippen LogP contribution >= 0.6 is 0 Å². The summed E-state index contributed by atoms with van der Waals surface area (Å²) in [6, 6.07) is 12.6. The molecule has 0 saturated carbocycles. The van der Waals surface area contributed by atoms with Crippen LogP contribution < -0.4 is 26.0 Å². The fourth-order valence-corrected chi connectivity index (χ4v) is 2.61. The van der Waals surface area contributed by atoms with E-state index in [9.17, 15) is 4.79 Å². The van der Waals surface area contributed by atoms with E-state index >= 15 is 0 Å². The van der Waals surface area contributed by atoms with E-state index < -0.39 is 0 Å². The zero-order valence-electron chi connectivity index (χ0n) is 14.5. The lowest BCUT2D eigenvalue weighted by Gasteiger charge is -2.29. The van der Waals surface area contributed by atoms with Crippen molar-refractivity contribution in [3.63, 3.8) is 0 Å². The molecule has 8 nitrogen and oxygen atoms in total. The minimum atomic E-state index is -0.283. The largest absolute Gasteiger partial charge is 0.476 e. The Balaban J connectivity index is 1.45. The lowest BCUT2D eigenvalue weighted by molar-refractivity contribution is 0.122. The molecule has 138 valence electrons. The number of morpholine rings is 1. The van der Waals surface area contributed by atoms with E-state index in [0.29, 0.717) is 38.1 Å². The number of amides is 2. The minimum absolute atomic E-state index is 0.283. The number of nitrogens with zero attached hydrogens (tertiary/aromatic N) is 2. The molecule has 2 aromatic rings. The van der Waals surface area contributed by atoms with Gasteiger partial charge in [0.25, 0.3) is 0 Å². The first-order valence-corrected chi connectivity index (χ1v) is 8.54. The van der Waals surface area contributed by atoms with Crippen LogP contribution in [-0.4, -0.2) is 50.5 Å². The van der Waals surface area contributed by atoms with Crippen molar-refractivity contribution in [1.82, 2.24) is 10.3 Å². The van der Waals surface area contributed by atoms with Gasteiger partial charge in [-0.25, -0.2) is 4.79 Å². The molecule has 1 aliphatic rings. The number of pyridine rings is 1. The van der Waals surface area contributed by atoms with E-state index in [0.717, 1.165) is 24.5 Å². The molecule has 0 unspecified atom stereocenters. The third-order valence-electron chi connectivity index (χ3n) is 3.85. The fraction of sp³-hybridized carbons (Fsp3) is 0.333. The molecular weight excluding hydrogens is 334 g/mol. The summed E-state index contributed by atoms with van der Waals surface area (Å²) < 4.78 is 11.0. The summed E-state index contributed by atoms with van der Waals surface area (Å²) in [6.07, 6.45) is 0. The number of ether oxygens (including phenoxy) is 2. The van der Waals surface area contributed by atoms with Gasteiger partial charge >= 0.3 is 6.03 Å². The van der Waals surface area contributed by atoms with Crippen LogP contribution in [0, 0.1) is 0 Å². The smallest absolute Gasteiger partial charge is 0.319 e. The zero-order chi connectivity index (χ0) is 18.2. The predicted octanol–water partition coefficient (Wildman–Crippen LogP) is 1.70. The number of nitrogens with two attached hydrogens (primary N) is 1. The van der Waals surface area contributed by atoms with Crippen molar-refractivity contribution in [2.45, 2.75) is 0 Å². The zero-order valence-corrected chi connectivity index (χ0v) is 14.5. The van der Waals surface area contributed by atoms with Gasteiger partial charge in [-0.05, 0) is 12.1 Å². The molecule has 4 N–H and O–H groups in total. The summed E-state index contributed by atoms with van der Waals surface area (Å²) in [7, 11) is 0. The molecule has 3 rings (SSSR count). The molecule has 0 radical (unpaired) electrons. The van der Waals surface area contributed by atoms with Crippen LogP contribution in [0.15, 0.2) is 42.5 Å². The Bertz CT molecular complexity index is 720. The maximum atomic E-state index is 11.8. The van der Waals surface area contributed by atoms with Gasteiger partial charge in [-0.3, -0.25) is 0 Å². The Hall–Kier alpha value is -3.00. The number of aromatic nitrogens is 1. The molecule has 1 aromatic carbocycles. The van der Waals surface area contributed by atoms with Crippen LogP contribution in [0.25, 0.3) is 0 Å². The summed E-state index contributed by atoms with van der Waals surface area (Å²) in [5.74, 6) is 0.843. The predicted molar refractivity (Wildman–Crippen MR) is 101 cm³/mol. The van der Waals surface area contributed by atoms with Crippen molar-refractivity contribution in [2.24, 2.45) is 0 Å². The Morgan fingerprint density at radius 3 is 2.77 bits per heavy atom. The molecule has 0 spiro atoms. The molecule has 1 saturated heterocycles. The summed E-state index contributed by atoms with van der Waals surface area (Å²) >= 11 is 0. The molecule has 1 aliphatic heterocycles. The van der Waals surface area contributed by atoms with Crippen LogP contribution in [-0.2, 0) is 4.74 Å². The number of carbonyl (C=O) groups excluding carboxylic acids is 1. The van der Waals surface area contributed by atoms with Gasteiger partial charge in [0.05, 0.1) is 19.8 Å². The van der Waals surface area contributed by atoms with Crippen LogP contribution in [0.4, 0.5) is 22.0 Å². The van der Waals surface area contributed by atoms with Gasteiger partial charge in [-0.15, -0.1) is 0 Å². The van der Waals surface area contributed by atoms with Crippen molar-refractivity contribution < 1.29 is 14.3 Å². The van der Waals surface area contributed by atoms with Gasteiger partial charge in [0.15, 0.2) is 0 Å². The maximum Gasteiger partial charge on any atom is 0.319 e. The number of nitrogen functional groups attached to an aromatic ring is 1. The third kappa shape index (κ3) is 5.25. The van der Waals surface area contributed by atoms with Gasteiger partial charge in [-0.1, -0.05) is 18.2 Å². The van der Waals surface area contributed by atoms with Gasteiger partial charge in [0.2, 0.25) is 5.88 Å². The van der Waals surface area contributed by atoms with E-state index in [-0.39, 0.29) is 6.03 Å². The number of hydrogen-bond donors (Lipinski definition) is 3. The molecule has 2 amide bonds. The first kappa shape index (κ1) is 17.8. The number of urea groups is 1. The molecule has 1 fully saturated rings. The molecule has 0 bridgehead atoms. The van der Waals surface area contributed by atoms with E-state index in [1.54, 1.807) is 0 Å². The molecular formula is C18H23N5O3. The quantitative estimate of drug-likeness (QED) is 0.680. The Morgan fingerprint density at radius 2 is 2.00 bits per heavy atom. The number of rotatable bonds is 6. The molecule has 0 aliphatic carbocycles.